The second-order valence-corrected chi connectivity index (χ2v) is 5.66. The first-order chi connectivity index (χ1) is 9.65. The van der Waals surface area contributed by atoms with Crippen LogP contribution in [0.5, 0.6) is 5.75 Å². The van der Waals surface area contributed by atoms with E-state index in [4.69, 9.17) is 10.5 Å². The van der Waals surface area contributed by atoms with Crippen LogP contribution in [-0.2, 0) is 6.42 Å². The van der Waals surface area contributed by atoms with E-state index in [1.165, 1.54) is 0 Å². The molecule has 0 aromatic heterocycles. The predicted molar refractivity (Wildman–Crippen MR) is 78.0 cm³/mol. The second kappa shape index (κ2) is 5.32. The largest absolute Gasteiger partial charge is 0.491 e. The maximum absolute atomic E-state index is 12.4. The van der Waals surface area contributed by atoms with Crippen LogP contribution in [-0.4, -0.2) is 43.6 Å². The number of anilines is 1. The third-order valence-electron chi connectivity index (χ3n) is 4.19. The first kappa shape index (κ1) is 13.2. The number of benzene rings is 1. The summed E-state index contributed by atoms with van der Waals surface area (Å²) in [4.78, 5) is 14.7. The van der Waals surface area contributed by atoms with Crippen LogP contribution in [0.3, 0.4) is 0 Å². The first-order valence-corrected chi connectivity index (χ1v) is 7.18. The highest BCUT2D eigenvalue weighted by molar-refractivity contribution is 5.97. The van der Waals surface area contributed by atoms with E-state index in [1.807, 2.05) is 6.07 Å². The van der Waals surface area contributed by atoms with Gasteiger partial charge in [-0.05, 0) is 45.1 Å². The van der Waals surface area contributed by atoms with Crippen LogP contribution in [0.25, 0.3) is 0 Å². The lowest BCUT2D eigenvalue weighted by atomic mass is 10.0. The Morgan fingerprint density at radius 2 is 2.15 bits per heavy atom. The minimum Gasteiger partial charge on any atom is -0.491 e. The Hall–Kier alpha value is -1.75. The summed E-state index contributed by atoms with van der Waals surface area (Å²) in [5, 5.41) is 3.14. The highest BCUT2D eigenvalue weighted by Crippen LogP contribution is 2.34. The number of likely N-dealkylation sites (tertiary alicyclic amines) is 1. The fourth-order valence-electron chi connectivity index (χ4n) is 2.95. The number of nitrogens with one attached hydrogen (secondary N) is 1. The maximum Gasteiger partial charge on any atom is 0.251 e. The topological polar surface area (TPSA) is 67.6 Å². The van der Waals surface area contributed by atoms with E-state index in [-0.39, 0.29) is 11.9 Å². The van der Waals surface area contributed by atoms with Crippen molar-refractivity contribution < 1.29 is 9.53 Å². The Bertz CT molecular complexity index is 522. The number of hydrogen-bond donors (Lipinski definition) is 2. The third-order valence-corrected chi connectivity index (χ3v) is 4.19. The number of nitrogen functional groups attached to an aromatic ring is 1. The molecule has 2 aliphatic heterocycles. The van der Waals surface area contributed by atoms with Gasteiger partial charge in [0, 0.05) is 23.6 Å². The van der Waals surface area contributed by atoms with Gasteiger partial charge in [-0.3, -0.25) is 4.79 Å². The first-order valence-electron chi connectivity index (χ1n) is 7.18. The van der Waals surface area contributed by atoms with Gasteiger partial charge < -0.3 is 20.7 Å². The molecule has 1 fully saturated rings. The number of fused-ring (bicyclic) bond motifs is 1. The summed E-state index contributed by atoms with van der Waals surface area (Å²) in [5.74, 6) is 0.697. The highest BCUT2D eigenvalue weighted by Gasteiger charge is 2.25. The molecule has 2 aliphatic rings. The summed E-state index contributed by atoms with van der Waals surface area (Å²) >= 11 is 0. The lowest BCUT2D eigenvalue weighted by molar-refractivity contribution is 0.0916. The van der Waals surface area contributed by atoms with Crippen molar-refractivity contribution in [2.75, 3.05) is 32.5 Å². The summed E-state index contributed by atoms with van der Waals surface area (Å²) in [6.07, 6.45) is 2.78. The summed E-state index contributed by atoms with van der Waals surface area (Å²) in [7, 11) is 2.11. The van der Waals surface area contributed by atoms with Gasteiger partial charge in [0.2, 0.25) is 0 Å². The molecule has 0 saturated carbocycles. The van der Waals surface area contributed by atoms with Gasteiger partial charge in [0.25, 0.3) is 5.91 Å². The molecule has 0 spiro atoms. The van der Waals surface area contributed by atoms with Gasteiger partial charge in [-0.15, -0.1) is 0 Å². The molecule has 0 radical (unpaired) electrons. The summed E-state index contributed by atoms with van der Waals surface area (Å²) < 4.78 is 5.51. The van der Waals surface area contributed by atoms with Gasteiger partial charge in [-0.25, -0.2) is 0 Å². The molecule has 1 aromatic carbocycles. The summed E-state index contributed by atoms with van der Waals surface area (Å²) in [6, 6.07) is 3.84. The molecule has 108 valence electrons. The van der Waals surface area contributed by atoms with E-state index in [0.717, 1.165) is 37.9 Å². The number of hydrogen-bond acceptors (Lipinski definition) is 4. The monoisotopic (exact) mass is 275 g/mol. The van der Waals surface area contributed by atoms with Crippen molar-refractivity contribution in [1.82, 2.24) is 10.2 Å². The summed E-state index contributed by atoms with van der Waals surface area (Å²) in [6.45, 7) is 2.68. The fraction of sp³-hybridized carbons (Fsp3) is 0.533. The molecule has 0 atom stereocenters. The van der Waals surface area contributed by atoms with Crippen molar-refractivity contribution in [3.63, 3.8) is 0 Å². The molecule has 0 unspecified atom stereocenters. The number of rotatable bonds is 2. The van der Waals surface area contributed by atoms with Gasteiger partial charge in [-0.2, -0.15) is 0 Å². The molecule has 20 heavy (non-hydrogen) atoms. The Morgan fingerprint density at radius 3 is 2.90 bits per heavy atom. The molecule has 1 amide bonds. The SMILES string of the molecule is CN1CCC(NC(=O)c2ccc(N)c3c2CCO3)CC1. The minimum absolute atomic E-state index is 0.00121. The van der Waals surface area contributed by atoms with Crippen molar-refractivity contribution in [2.45, 2.75) is 25.3 Å². The Labute approximate surface area is 119 Å². The van der Waals surface area contributed by atoms with E-state index in [0.29, 0.717) is 23.6 Å². The Kier molecular flexibility index (Phi) is 3.53. The van der Waals surface area contributed by atoms with Crippen molar-refractivity contribution in [3.8, 4) is 5.75 Å². The number of nitrogens with zero attached hydrogens (tertiary/aromatic N) is 1. The lowest BCUT2D eigenvalue weighted by Gasteiger charge is -2.29. The van der Waals surface area contributed by atoms with Gasteiger partial charge in [0.05, 0.1) is 12.3 Å². The average molecular weight is 275 g/mol. The number of piperidine rings is 1. The van der Waals surface area contributed by atoms with Crippen LogP contribution in [0, 0.1) is 0 Å². The number of carbonyl (C=O) groups is 1. The van der Waals surface area contributed by atoms with Gasteiger partial charge in [-0.1, -0.05) is 0 Å². The van der Waals surface area contributed by atoms with Crippen molar-refractivity contribution in [2.24, 2.45) is 0 Å². The van der Waals surface area contributed by atoms with E-state index in [1.54, 1.807) is 6.07 Å². The zero-order valence-electron chi connectivity index (χ0n) is 11.8. The number of ether oxygens (including phenoxy) is 1. The van der Waals surface area contributed by atoms with Gasteiger partial charge in [0.1, 0.15) is 5.75 Å². The quantitative estimate of drug-likeness (QED) is 0.791. The number of amides is 1. The number of nitrogens with two attached hydrogens (primary N) is 1. The highest BCUT2D eigenvalue weighted by atomic mass is 16.5. The van der Waals surface area contributed by atoms with Crippen LogP contribution in [0.1, 0.15) is 28.8 Å². The zero-order valence-corrected chi connectivity index (χ0v) is 11.8. The average Bonchev–Trinajstić information content (AvgIpc) is 2.92. The zero-order chi connectivity index (χ0) is 14.1. The van der Waals surface area contributed by atoms with Gasteiger partial charge in [0.15, 0.2) is 0 Å². The molecular formula is C15H21N3O2. The molecule has 2 heterocycles. The molecule has 5 heteroatoms. The second-order valence-electron chi connectivity index (χ2n) is 5.66. The minimum atomic E-state index is 0.00121. The van der Waals surface area contributed by atoms with E-state index < -0.39 is 0 Å². The maximum atomic E-state index is 12.4. The molecule has 0 aliphatic carbocycles. The van der Waals surface area contributed by atoms with Crippen molar-refractivity contribution in [3.05, 3.63) is 23.3 Å². The van der Waals surface area contributed by atoms with Crippen LogP contribution >= 0.6 is 0 Å². The predicted octanol–water partition coefficient (Wildman–Crippen LogP) is 1.03. The van der Waals surface area contributed by atoms with Crippen LogP contribution in [0.15, 0.2) is 12.1 Å². The molecule has 3 N–H and O–H groups in total. The lowest BCUT2D eigenvalue weighted by Crippen LogP contribution is -2.43. The van der Waals surface area contributed by atoms with Crippen LogP contribution in [0.4, 0.5) is 5.69 Å². The van der Waals surface area contributed by atoms with E-state index in [2.05, 4.69) is 17.3 Å². The standard InChI is InChI=1S/C15H21N3O2/c1-18-7-4-10(5-8-18)17-15(19)12-2-3-13(16)14-11(12)6-9-20-14/h2-3,10H,4-9,16H2,1H3,(H,17,19). The molecule has 1 saturated heterocycles. The third kappa shape index (κ3) is 2.45. The Balaban J connectivity index is 1.73. The molecule has 1 aromatic rings. The smallest absolute Gasteiger partial charge is 0.251 e. The fourth-order valence-corrected chi connectivity index (χ4v) is 2.95. The molecular weight excluding hydrogens is 254 g/mol. The summed E-state index contributed by atoms with van der Waals surface area (Å²) in [5.41, 5.74) is 8.16. The van der Waals surface area contributed by atoms with Crippen molar-refractivity contribution in [1.29, 1.82) is 0 Å². The molecule has 0 bridgehead atoms. The normalized spacial score (nSPS) is 19.4. The number of carbonyl (C=O) groups excluding carboxylic acids is 1. The van der Waals surface area contributed by atoms with Crippen molar-refractivity contribution >= 4 is 11.6 Å². The Morgan fingerprint density at radius 1 is 1.40 bits per heavy atom. The van der Waals surface area contributed by atoms with Gasteiger partial charge >= 0.3 is 0 Å². The van der Waals surface area contributed by atoms with Crippen LogP contribution in [0.2, 0.25) is 0 Å². The van der Waals surface area contributed by atoms with E-state index >= 15 is 0 Å². The molecule has 5 nitrogen and oxygen atoms in total. The van der Waals surface area contributed by atoms with Crippen LogP contribution < -0.4 is 15.8 Å². The molecule has 3 rings (SSSR count). The van der Waals surface area contributed by atoms with E-state index in [9.17, 15) is 4.79 Å².